The van der Waals surface area contributed by atoms with Gasteiger partial charge in [-0.3, -0.25) is 5.10 Å². The van der Waals surface area contributed by atoms with E-state index < -0.39 is 5.97 Å². The summed E-state index contributed by atoms with van der Waals surface area (Å²) in [6, 6.07) is 0.0480. The summed E-state index contributed by atoms with van der Waals surface area (Å²) < 4.78 is 11.4. The van der Waals surface area contributed by atoms with Crippen LogP contribution in [-0.4, -0.2) is 23.3 Å². The Morgan fingerprint density at radius 1 is 2.11 bits per heavy atom. The highest BCUT2D eigenvalue weighted by atomic mass is 16.5. The molecule has 48 valence electrons. The van der Waals surface area contributed by atoms with Crippen LogP contribution in [0.4, 0.5) is 0 Å². The van der Waals surface area contributed by atoms with Crippen molar-refractivity contribution in [3.05, 3.63) is 17.9 Å². The number of ether oxygens (including phenoxy) is 1. The summed E-state index contributed by atoms with van der Waals surface area (Å²) in [6.45, 7) is 0. The van der Waals surface area contributed by atoms with E-state index in [-0.39, 0.29) is 11.7 Å². The Bertz CT molecular complexity index is 246. The molecule has 0 aliphatic carbocycles. The lowest BCUT2D eigenvalue weighted by Crippen LogP contribution is -2.00. The number of carbonyl (C=O) groups excluding carboxylic acids is 1. The van der Waals surface area contributed by atoms with Gasteiger partial charge in [-0.1, -0.05) is 0 Å². The van der Waals surface area contributed by atoms with Gasteiger partial charge in [0.05, 0.1) is 8.48 Å². The Balaban J connectivity index is 2.93. The maximum absolute atomic E-state index is 10.7. The molecule has 9 heavy (non-hydrogen) atoms. The number of aromatic amines is 1. The van der Waals surface area contributed by atoms with E-state index in [4.69, 9.17) is 1.37 Å². The first-order valence-electron chi connectivity index (χ1n) is 2.84. The lowest BCUT2D eigenvalue weighted by atomic mass is 10.4. The van der Waals surface area contributed by atoms with E-state index in [9.17, 15) is 4.79 Å². The molecule has 0 amide bonds. The maximum Gasteiger partial charge on any atom is 0.358 e. The molecule has 0 radical (unpaired) electrons. The third-order valence-corrected chi connectivity index (χ3v) is 0.829. The van der Waals surface area contributed by atoms with Crippen molar-refractivity contribution in [2.75, 3.05) is 7.11 Å². The number of rotatable bonds is 1. The molecule has 1 N–H and O–H groups in total. The van der Waals surface area contributed by atoms with Crippen molar-refractivity contribution in [2.45, 2.75) is 0 Å². The van der Waals surface area contributed by atoms with Crippen LogP contribution in [0.25, 0.3) is 0 Å². The summed E-state index contributed by atoms with van der Waals surface area (Å²) in [4.78, 5) is 10.7. The molecular weight excluding hydrogens is 120 g/mol. The Kier molecular flexibility index (Phi) is 1.16. The predicted molar refractivity (Wildman–Crippen MR) is 29.9 cm³/mol. The highest BCUT2D eigenvalue weighted by molar-refractivity contribution is 5.86. The topological polar surface area (TPSA) is 55.0 Å². The van der Waals surface area contributed by atoms with Crippen LogP contribution in [0.3, 0.4) is 0 Å². The lowest BCUT2D eigenvalue weighted by Gasteiger charge is -1.89. The minimum absolute atomic E-state index is 0.0162. The van der Waals surface area contributed by atoms with Gasteiger partial charge in [0.25, 0.3) is 0 Å². The number of esters is 1. The van der Waals surface area contributed by atoms with Crippen LogP contribution in [0.2, 0.25) is 0 Å². The number of H-pyrrole nitrogens is 1. The molecule has 0 saturated carbocycles. The second kappa shape index (κ2) is 2.30. The van der Waals surface area contributed by atoms with Crippen molar-refractivity contribution < 1.29 is 10.9 Å². The zero-order valence-corrected chi connectivity index (χ0v) is 4.84. The summed E-state index contributed by atoms with van der Waals surface area (Å²) in [5.74, 6) is -0.591. The summed E-state index contributed by atoms with van der Waals surface area (Å²) in [7, 11) is 1.25. The number of methoxy groups -OCH3 is 1. The minimum atomic E-state index is -0.591. The third-order valence-electron chi connectivity index (χ3n) is 0.829. The summed E-state index contributed by atoms with van der Waals surface area (Å²) >= 11 is 0. The Hall–Kier alpha value is -1.32. The first kappa shape index (κ1) is 4.55. The van der Waals surface area contributed by atoms with Crippen LogP contribution in [0.5, 0.6) is 0 Å². The van der Waals surface area contributed by atoms with E-state index in [1.165, 1.54) is 13.3 Å². The molecule has 0 spiro atoms. The van der Waals surface area contributed by atoms with Gasteiger partial charge >= 0.3 is 5.97 Å². The minimum Gasteiger partial charge on any atom is -0.464 e. The van der Waals surface area contributed by atoms with E-state index in [0.717, 1.165) is 0 Å². The monoisotopic (exact) mass is 127 g/mol. The van der Waals surface area contributed by atoms with E-state index in [1.807, 2.05) is 0 Å². The van der Waals surface area contributed by atoms with E-state index in [0.29, 0.717) is 0 Å². The zero-order chi connectivity index (χ0) is 7.56. The largest absolute Gasteiger partial charge is 0.464 e. The maximum atomic E-state index is 10.7. The second-order valence-corrected chi connectivity index (χ2v) is 1.37. The SMILES string of the molecule is [2H]c1c[nH]nc1C(=O)OC. The van der Waals surface area contributed by atoms with E-state index >= 15 is 0 Å². The molecule has 4 heteroatoms. The van der Waals surface area contributed by atoms with Crippen LogP contribution in [0.15, 0.2) is 12.2 Å². The fourth-order valence-corrected chi connectivity index (χ4v) is 0.431. The smallest absolute Gasteiger partial charge is 0.358 e. The van der Waals surface area contributed by atoms with Crippen molar-refractivity contribution in [3.63, 3.8) is 0 Å². The Morgan fingerprint density at radius 3 is 3.33 bits per heavy atom. The average molecular weight is 127 g/mol. The van der Waals surface area contributed by atoms with Crippen LogP contribution >= 0.6 is 0 Å². The molecule has 0 atom stereocenters. The molecule has 1 aromatic rings. The number of aromatic nitrogens is 2. The number of carbonyl (C=O) groups is 1. The molecule has 0 saturated heterocycles. The third kappa shape index (κ3) is 1.07. The first-order chi connectivity index (χ1) is 4.75. The summed E-state index contributed by atoms with van der Waals surface area (Å²) in [6.07, 6.45) is 1.31. The van der Waals surface area contributed by atoms with Crippen molar-refractivity contribution in [2.24, 2.45) is 0 Å². The van der Waals surface area contributed by atoms with E-state index in [1.54, 1.807) is 0 Å². The molecular formula is C5H6N2O2. The Labute approximate surface area is 53.2 Å². The van der Waals surface area contributed by atoms with Gasteiger partial charge in [0, 0.05) is 6.20 Å². The molecule has 1 aromatic heterocycles. The standard InChI is InChI=1S/C5H6N2O2/c1-9-5(8)4-2-3-6-7-4/h2-3H,1H3,(H,6,7)/i2D. The number of hydrogen-bond donors (Lipinski definition) is 1. The summed E-state index contributed by atoms with van der Waals surface area (Å²) in [5.41, 5.74) is 0.0162. The lowest BCUT2D eigenvalue weighted by molar-refractivity contribution is 0.0594. The number of nitrogens with zero attached hydrogens (tertiary/aromatic N) is 1. The fourth-order valence-electron chi connectivity index (χ4n) is 0.431. The molecule has 0 aliphatic heterocycles. The quantitative estimate of drug-likeness (QED) is 0.548. The van der Waals surface area contributed by atoms with Gasteiger partial charge in [0.15, 0.2) is 5.69 Å². The predicted octanol–water partition coefficient (Wildman–Crippen LogP) is 0.196. The van der Waals surface area contributed by atoms with Crippen molar-refractivity contribution in [1.29, 1.82) is 0 Å². The average Bonchev–Trinajstić information content (AvgIpc) is 2.34. The molecule has 1 heterocycles. The fraction of sp³-hybridized carbons (Fsp3) is 0.200. The van der Waals surface area contributed by atoms with Crippen LogP contribution in [0, 0.1) is 0 Å². The van der Waals surface area contributed by atoms with Crippen molar-refractivity contribution >= 4 is 5.97 Å². The molecule has 0 fully saturated rings. The normalized spacial score (nSPS) is 10.6. The van der Waals surface area contributed by atoms with Gasteiger partial charge in [0.1, 0.15) is 0 Å². The van der Waals surface area contributed by atoms with E-state index in [2.05, 4.69) is 14.9 Å². The number of hydrogen-bond acceptors (Lipinski definition) is 3. The summed E-state index contributed by atoms with van der Waals surface area (Å²) in [5, 5.41) is 5.87. The molecule has 0 bridgehead atoms. The van der Waals surface area contributed by atoms with Gasteiger partial charge in [-0.05, 0) is 6.04 Å². The molecule has 1 rings (SSSR count). The van der Waals surface area contributed by atoms with Gasteiger partial charge in [-0.25, -0.2) is 4.79 Å². The van der Waals surface area contributed by atoms with Crippen LogP contribution in [-0.2, 0) is 4.74 Å². The highest BCUT2D eigenvalue weighted by Gasteiger charge is 2.04. The van der Waals surface area contributed by atoms with Gasteiger partial charge < -0.3 is 4.74 Å². The van der Waals surface area contributed by atoms with Crippen LogP contribution in [0.1, 0.15) is 11.9 Å². The van der Waals surface area contributed by atoms with Crippen molar-refractivity contribution in [3.8, 4) is 0 Å². The molecule has 0 aliphatic rings. The first-order valence-corrected chi connectivity index (χ1v) is 2.34. The molecule has 0 aromatic carbocycles. The number of nitrogens with one attached hydrogen (secondary N) is 1. The van der Waals surface area contributed by atoms with Gasteiger partial charge in [-0.2, -0.15) is 5.10 Å². The molecule has 0 unspecified atom stereocenters. The van der Waals surface area contributed by atoms with Gasteiger partial charge in [-0.15, -0.1) is 0 Å². The second-order valence-electron chi connectivity index (χ2n) is 1.37. The molecule has 4 nitrogen and oxygen atoms in total. The zero-order valence-electron chi connectivity index (χ0n) is 5.84. The van der Waals surface area contributed by atoms with Crippen LogP contribution < -0.4 is 0 Å². The Morgan fingerprint density at radius 2 is 2.89 bits per heavy atom. The van der Waals surface area contributed by atoms with Crippen molar-refractivity contribution in [1.82, 2.24) is 10.2 Å². The highest BCUT2D eigenvalue weighted by Crippen LogP contribution is 1.92. The van der Waals surface area contributed by atoms with Gasteiger partial charge in [0.2, 0.25) is 0 Å².